The van der Waals surface area contributed by atoms with Crippen molar-refractivity contribution in [1.29, 1.82) is 0 Å². The number of nitrogens with one attached hydrogen (secondary N) is 1. The first-order chi connectivity index (χ1) is 11.1. The van der Waals surface area contributed by atoms with E-state index >= 15 is 0 Å². The summed E-state index contributed by atoms with van der Waals surface area (Å²) >= 11 is 1.33. The Morgan fingerprint density at radius 1 is 1.39 bits per heavy atom. The van der Waals surface area contributed by atoms with E-state index in [2.05, 4.69) is 14.6 Å². The van der Waals surface area contributed by atoms with Crippen molar-refractivity contribution in [2.75, 3.05) is 19.6 Å². The van der Waals surface area contributed by atoms with Gasteiger partial charge in [0.1, 0.15) is 0 Å². The number of aromatic nitrogens is 1. The third-order valence-corrected chi connectivity index (χ3v) is 5.94. The summed E-state index contributed by atoms with van der Waals surface area (Å²) in [4.78, 5) is 14.6. The van der Waals surface area contributed by atoms with Gasteiger partial charge in [0.15, 0.2) is 0 Å². The molecule has 23 heavy (non-hydrogen) atoms. The molecule has 1 aliphatic carbocycles. The Morgan fingerprint density at radius 3 is 2.70 bits per heavy atom. The van der Waals surface area contributed by atoms with Gasteiger partial charge in [0.25, 0.3) is 5.91 Å². The first kappa shape index (κ1) is 16.9. The molecule has 0 spiro atoms. The minimum Gasteiger partial charge on any atom is -0.389 e. The molecule has 0 aromatic carbocycles. The van der Waals surface area contributed by atoms with E-state index in [1.54, 1.807) is 0 Å². The van der Waals surface area contributed by atoms with Crippen LogP contribution in [0.4, 0.5) is 0 Å². The average molecular weight is 337 g/mol. The van der Waals surface area contributed by atoms with Gasteiger partial charge >= 0.3 is 0 Å². The number of β-amino-alcohol motifs (C(OH)–C–C–N with tert-alkyl or cyclic N) is 1. The number of carbonyl (C=O) groups is 1. The van der Waals surface area contributed by atoms with Crippen LogP contribution in [0, 0.1) is 6.92 Å². The molecule has 0 unspecified atom stereocenters. The highest BCUT2D eigenvalue weighted by Gasteiger charge is 2.33. The van der Waals surface area contributed by atoms with Crippen molar-refractivity contribution in [3.8, 4) is 0 Å². The highest BCUT2D eigenvalue weighted by Crippen LogP contribution is 2.29. The molecule has 2 heterocycles. The van der Waals surface area contributed by atoms with Gasteiger partial charge in [-0.15, -0.1) is 0 Å². The second-order valence-electron chi connectivity index (χ2n) is 7.12. The van der Waals surface area contributed by atoms with Crippen molar-refractivity contribution in [1.82, 2.24) is 14.6 Å². The smallest absolute Gasteiger partial charge is 0.254 e. The van der Waals surface area contributed by atoms with Gasteiger partial charge in [-0.2, -0.15) is 4.37 Å². The van der Waals surface area contributed by atoms with E-state index in [1.165, 1.54) is 18.0 Å². The minimum absolute atomic E-state index is 0.000564. The molecule has 1 amide bonds. The average Bonchev–Trinajstić information content (AvgIpc) is 2.96. The normalized spacial score (nSPS) is 22.9. The molecule has 0 radical (unpaired) electrons. The van der Waals surface area contributed by atoms with Crippen LogP contribution in [0.5, 0.6) is 0 Å². The molecule has 3 rings (SSSR count). The van der Waals surface area contributed by atoms with Crippen LogP contribution in [0.25, 0.3) is 0 Å². The molecule has 128 valence electrons. The zero-order valence-electron chi connectivity index (χ0n) is 13.9. The summed E-state index contributed by atoms with van der Waals surface area (Å²) in [6, 6.07) is 0.235. The minimum atomic E-state index is -0.478. The van der Waals surface area contributed by atoms with E-state index in [1.807, 2.05) is 12.3 Å². The highest BCUT2D eigenvalue weighted by atomic mass is 32.1. The number of carbonyl (C=O) groups excluding carboxylic acids is 1. The molecule has 2 fully saturated rings. The lowest BCUT2D eigenvalue weighted by Gasteiger charge is -2.40. The lowest BCUT2D eigenvalue weighted by atomic mass is 9.84. The Morgan fingerprint density at radius 2 is 2.09 bits per heavy atom. The number of hydrogen-bond donors (Lipinski definition) is 2. The number of rotatable bonds is 4. The highest BCUT2D eigenvalue weighted by molar-refractivity contribution is 7.03. The molecule has 1 aliphatic heterocycles. The van der Waals surface area contributed by atoms with Crippen LogP contribution >= 0.6 is 11.5 Å². The number of nitrogens with zero attached hydrogens (tertiary/aromatic N) is 2. The van der Waals surface area contributed by atoms with Gasteiger partial charge < -0.3 is 15.3 Å². The maximum atomic E-state index is 12.2. The number of aliphatic hydroxyl groups is 1. The summed E-state index contributed by atoms with van der Waals surface area (Å²) in [5.41, 5.74) is 1.03. The van der Waals surface area contributed by atoms with Gasteiger partial charge in [-0.3, -0.25) is 4.79 Å². The van der Waals surface area contributed by atoms with Gasteiger partial charge in [-0.05, 0) is 44.1 Å². The second kappa shape index (κ2) is 7.28. The Balaban J connectivity index is 1.45. The van der Waals surface area contributed by atoms with Crippen LogP contribution < -0.4 is 5.32 Å². The zero-order valence-corrected chi connectivity index (χ0v) is 14.7. The zero-order chi connectivity index (χ0) is 16.3. The van der Waals surface area contributed by atoms with E-state index in [9.17, 15) is 9.90 Å². The largest absolute Gasteiger partial charge is 0.389 e. The number of likely N-dealkylation sites (tertiary alicyclic amines) is 1. The molecule has 1 aromatic rings. The van der Waals surface area contributed by atoms with Gasteiger partial charge in [0, 0.05) is 31.1 Å². The molecule has 0 atom stereocenters. The molecule has 5 nitrogen and oxygen atoms in total. The van der Waals surface area contributed by atoms with E-state index in [-0.39, 0.29) is 11.9 Å². The first-order valence-electron chi connectivity index (χ1n) is 8.72. The fraction of sp³-hybridized carbons (Fsp3) is 0.765. The van der Waals surface area contributed by atoms with Crippen molar-refractivity contribution in [2.24, 2.45) is 0 Å². The summed E-state index contributed by atoms with van der Waals surface area (Å²) < 4.78 is 4.16. The topological polar surface area (TPSA) is 65.5 Å². The summed E-state index contributed by atoms with van der Waals surface area (Å²) in [7, 11) is 0. The van der Waals surface area contributed by atoms with E-state index in [0.717, 1.165) is 63.9 Å². The molecule has 2 aliphatic rings. The van der Waals surface area contributed by atoms with Crippen LogP contribution in [0.15, 0.2) is 5.38 Å². The molecule has 1 aromatic heterocycles. The molecule has 2 N–H and O–H groups in total. The van der Waals surface area contributed by atoms with Crippen LogP contribution in [-0.4, -0.2) is 51.6 Å². The molecular weight excluding hydrogens is 310 g/mol. The fourth-order valence-electron chi connectivity index (χ4n) is 3.79. The number of piperidine rings is 1. The molecule has 6 heteroatoms. The Hall–Kier alpha value is -0.980. The van der Waals surface area contributed by atoms with Gasteiger partial charge in [0.2, 0.25) is 0 Å². The third-order valence-electron chi connectivity index (χ3n) is 5.22. The monoisotopic (exact) mass is 337 g/mol. The van der Waals surface area contributed by atoms with Gasteiger partial charge in [-0.1, -0.05) is 19.3 Å². The standard InChI is InChI=1S/C17H27N3O2S/c1-13-15(11-23-19-13)16(21)18-14-5-9-20(10-6-14)12-17(22)7-3-2-4-8-17/h11,14,22H,2-10,12H2,1H3,(H,18,21). The van der Waals surface area contributed by atoms with Crippen molar-refractivity contribution in [3.05, 3.63) is 16.6 Å². The van der Waals surface area contributed by atoms with Crippen LogP contribution in [0.3, 0.4) is 0 Å². The molecule has 1 saturated carbocycles. The number of aryl methyl sites for hydroxylation is 1. The third kappa shape index (κ3) is 4.31. The van der Waals surface area contributed by atoms with Gasteiger partial charge in [-0.25, -0.2) is 0 Å². The number of amides is 1. The van der Waals surface area contributed by atoms with E-state index in [0.29, 0.717) is 5.56 Å². The summed E-state index contributed by atoms with van der Waals surface area (Å²) in [6.07, 6.45) is 7.35. The number of hydrogen-bond acceptors (Lipinski definition) is 5. The molecule has 1 saturated heterocycles. The predicted molar refractivity (Wildman–Crippen MR) is 91.8 cm³/mol. The summed E-state index contributed by atoms with van der Waals surface area (Å²) in [6.45, 7) is 4.57. The van der Waals surface area contributed by atoms with E-state index in [4.69, 9.17) is 0 Å². The van der Waals surface area contributed by atoms with Crippen molar-refractivity contribution < 1.29 is 9.90 Å². The van der Waals surface area contributed by atoms with Gasteiger partial charge in [0.05, 0.1) is 16.9 Å². The predicted octanol–water partition coefficient (Wildman–Crippen LogP) is 2.34. The van der Waals surface area contributed by atoms with Crippen molar-refractivity contribution in [3.63, 3.8) is 0 Å². The summed E-state index contributed by atoms with van der Waals surface area (Å²) in [5, 5.41) is 15.6. The van der Waals surface area contributed by atoms with E-state index < -0.39 is 5.60 Å². The van der Waals surface area contributed by atoms with Crippen molar-refractivity contribution >= 4 is 17.4 Å². The lowest BCUT2D eigenvalue weighted by molar-refractivity contribution is -0.0312. The Kier molecular flexibility index (Phi) is 5.34. The Bertz CT molecular complexity index is 532. The van der Waals surface area contributed by atoms with Crippen LogP contribution in [-0.2, 0) is 0 Å². The van der Waals surface area contributed by atoms with Crippen molar-refractivity contribution in [2.45, 2.75) is 63.5 Å². The molecule has 0 bridgehead atoms. The second-order valence-corrected chi connectivity index (χ2v) is 7.75. The maximum absolute atomic E-state index is 12.2. The molecular formula is C17H27N3O2S. The summed E-state index contributed by atoms with van der Waals surface area (Å²) in [5.74, 6) is 0.000564. The first-order valence-corrected chi connectivity index (χ1v) is 9.56. The van der Waals surface area contributed by atoms with Crippen LogP contribution in [0.2, 0.25) is 0 Å². The maximum Gasteiger partial charge on any atom is 0.254 e. The SMILES string of the molecule is Cc1nscc1C(=O)NC1CCN(CC2(O)CCCCC2)CC1. The lowest BCUT2D eigenvalue weighted by Crippen LogP contribution is -2.50. The quantitative estimate of drug-likeness (QED) is 0.885. The Labute approximate surface area is 142 Å². The van der Waals surface area contributed by atoms with Crippen LogP contribution in [0.1, 0.15) is 61.0 Å². The fourth-order valence-corrected chi connectivity index (χ4v) is 4.49.